The summed E-state index contributed by atoms with van der Waals surface area (Å²) in [4.78, 5) is 20.2. The van der Waals surface area contributed by atoms with Crippen LogP contribution in [-0.4, -0.2) is 37.3 Å². The molecule has 3 heterocycles. The van der Waals surface area contributed by atoms with Gasteiger partial charge in [-0.2, -0.15) is 0 Å². The molecule has 1 unspecified atom stereocenters. The van der Waals surface area contributed by atoms with Crippen molar-refractivity contribution in [1.82, 2.24) is 4.98 Å². The molecule has 2 aromatic heterocycles. The Labute approximate surface area is 153 Å². The van der Waals surface area contributed by atoms with E-state index >= 15 is 0 Å². The van der Waals surface area contributed by atoms with Crippen LogP contribution in [0, 0.1) is 0 Å². The Bertz CT molecular complexity index is 870. The number of aromatic nitrogens is 1. The smallest absolute Gasteiger partial charge is 0.270 e. The molecule has 1 atom stereocenters. The average Bonchev–Trinajstić information content (AvgIpc) is 3.39. The van der Waals surface area contributed by atoms with Gasteiger partial charge in [0.25, 0.3) is 5.91 Å². The first kappa shape index (κ1) is 16.5. The fraction of sp³-hybridized carbons (Fsp3) is 0.333. The van der Waals surface area contributed by atoms with Crippen molar-refractivity contribution in [1.29, 1.82) is 0 Å². The summed E-state index contributed by atoms with van der Waals surface area (Å²) >= 11 is 2.97. The second kappa shape index (κ2) is 7.11. The maximum absolute atomic E-state index is 13.0. The number of hydrogen-bond acceptors (Lipinski definition) is 6. The second-order valence-corrected chi connectivity index (χ2v) is 7.81. The maximum atomic E-state index is 13.0. The van der Waals surface area contributed by atoms with Gasteiger partial charge in [0.15, 0.2) is 5.13 Å². The van der Waals surface area contributed by atoms with Crippen molar-refractivity contribution in [3.05, 3.63) is 40.6 Å². The predicted octanol–water partition coefficient (Wildman–Crippen LogP) is 4.19. The van der Waals surface area contributed by atoms with E-state index in [0.717, 1.165) is 40.3 Å². The van der Waals surface area contributed by atoms with Crippen molar-refractivity contribution in [2.75, 3.05) is 25.2 Å². The molecule has 1 fully saturated rings. The maximum Gasteiger partial charge on any atom is 0.270 e. The number of methoxy groups -OCH3 is 1. The van der Waals surface area contributed by atoms with Gasteiger partial charge >= 0.3 is 0 Å². The van der Waals surface area contributed by atoms with E-state index in [0.29, 0.717) is 11.7 Å². The average molecular weight is 374 g/mol. The van der Waals surface area contributed by atoms with Crippen LogP contribution in [0.15, 0.2) is 35.7 Å². The molecule has 1 aliphatic heterocycles. The van der Waals surface area contributed by atoms with E-state index in [4.69, 9.17) is 9.47 Å². The summed E-state index contributed by atoms with van der Waals surface area (Å²) < 4.78 is 12.1. The zero-order valence-electron chi connectivity index (χ0n) is 13.8. The Morgan fingerprint density at radius 3 is 3.08 bits per heavy atom. The van der Waals surface area contributed by atoms with Crippen molar-refractivity contribution >= 4 is 43.9 Å². The van der Waals surface area contributed by atoms with Crippen LogP contribution in [0.3, 0.4) is 0 Å². The van der Waals surface area contributed by atoms with E-state index in [9.17, 15) is 4.79 Å². The molecule has 4 rings (SSSR count). The number of thiazole rings is 1. The zero-order chi connectivity index (χ0) is 17.2. The van der Waals surface area contributed by atoms with Crippen molar-refractivity contribution in [2.45, 2.75) is 18.9 Å². The number of benzene rings is 1. The van der Waals surface area contributed by atoms with Gasteiger partial charge in [0, 0.05) is 12.7 Å². The molecule has 5 nitrogen and oxygen atoms in total. The minimum absolute atomic E-state index is 0.0171. The molecule has 1 aliphatic rings. The van der Waals surface area contributed by atoms with Crippen LogP contribution in [0.2, 0.25) is 0 Å². The Balaban J connectivity index is 1.69. The molecule has 0 saturated carbocycles. The molecule has 0 radical (unpaired) electrons. The van der Waals surface area contributed by atoms with Gasteiger partial charge in [-0.05, 0) is 36.4 Å². The van der Waals surface area contributed by atoms with Gasteiger partial charge in [-0.1, -0.05) is 17.4 Å². The first-order valence-corrected chi connectivity index (χ1v) is 9.86. The molecule has 0 bridgehead atoms. The number of thiophene rings is 1. The van der Waals surface area contributed by atoms with Crippen LogP contribution in [0.25, 0.3) is 10.2 Å². The van der Waals surface area contributed by atoms with Gasteiger partial charge in [-0.25, -0.2) is 4.98 Å². The van der Waals surface area contributed by atoms with Crippen LogP contribution >= 0.6 is 22.7 Å². The van der Waals surface area contributed by atoms with Crippen LogP contribution in [0.4, 0.5) is 5.13 Å². The van der Waals surface area contributed by atoms with Crippen molar-refractivity contribution in [2.24, 2.45) is 0 Å². The molecule has 1 aromatic carbocycles. The lowest BCUT2D eigenvalue weighted by molar-refractivity contribution is 0.0920. The lowest BCUT2D eigenvalue weighted by atomic mass is 10.2. The summed E-state index contributed by atoms with van der Waals surface area (Å²) in [5.41, 5.74) is 0.843. The van der Waals surface area contributed by atoms with Gasteiger partial charge in [-0.3, -0.25) is 9.69 Å². The molecule has 0 spiro atoms. The molecule has 130 valence electrons. The second-order valence-electron chi connectivity index (χ2n) is 5.86. The van der Waals surface area contributed by atoms with E-state index in [1.807, 2.05) is 35.7 Å². The number of carbonyl (C=O) groups is 1. The molecule has 7 heteroatoms. The fourth-order valence-corrected chi connectivity index (χ4v) is 4.54. The molecule has 0 N–H and O–H groups in total. The van der Waals surface area contributed by atoms with Gasteiger partial charge in [0.1, 0.15) is 5.75 Å². The molecule has 1 saturated heterocycles. The molecular weight excluding hydrogens is 356 g/mol. The van der Waals surface area contributed by atoms with E-state index in [1.54, 1.807) is 12.0 Å². The molecule has 1 amide bonds. The van der Waals surface area contributed by atoms with E-state index in [1.165, 1.54) is 22.7 Å². The number of hydrogen-bond donors (Lipinski definition) is 0. The summed E-state index contributed by atoms with van der Waals surface area (Å²) in [6.45, 7) is 1.30. The third-order valence-corrected chi connectivity index (χ3v) is 6.12. The molecule has 0 aliphatic carbocycles. The zero-order valence-corrected chi connectivity index (χ0v) is 15.4. The number of nitrogens with zero attached hydrogens (tertiary/aromatic N) is 2. The van der Waals surface area contributed by atoms with Crippen LogP contribution in [0.1, 0.15) is 22.5 Å². The molecule has 25 heavy (non-hydrogen) atoms. The summed E-state index contributed by atoms with van der Waals surface area (Å²) in [6, 6.07) is 9.54. The first-order chi connectivity index (χ1) is 12.2. The summed E-state index contributed by atoms with van der Waals surface area (Å²) in [5.74, 6) is 0.746. The van der Waals surface area contributed by atoms with Gasteiger partial charge in [-0.15, -0.1) is 11.3 Å². The number of fused-ring (bicyclic) bond motifs is 1. The largest absolute Gasteiger partial charge is 0.497 e. The number of anilines is 1. The normalized spacial score (nSPS) is 17.1. The van der Waals surface area contributed by atoms with Gasteiger partial charge < -0.3 is 9.47 Å². The SMILES string of the molecule is COc1ccc2sc(N(CC3CCCO3)C(=O)c3cccs3)nc2c1. The van der Waals surface area contributed by atoms with Gasteiger partial charge in [0.05, 0.1) is 34.9 Å². The summed E-state index contributed by atoms with van der Waals surface area (Å²) in [6.07, 6.45) is 2.10. The summed E-state index contributed by atoms with van der Waals surface area (Å²) in [7, 11) is 1.64. The fourth-order valence-electron chi connectivity index (χ4n) is 2.91. The predicted molar refractivity (Wildman–Crippen MR) is 101 cm³/mol. The minimum atomic E-state index is -0.0171. The monoisotopic (exact) mass is 374 g/mol. The number of amides is 1. The summed E-state index contributed by atoms with van der Waals surface area (Å²) in [5, 5.41) is 2.62. The topological polar surface area (TPSA) is 51.7 Å². The third-order valence-electron chi connectivity index (χ3n) is 4.20. The van der Waals surface area contributed by atoms with Crippen LogP contribution in [-0.2, 0) is 4.74 Å². The van der Waals surface area contributed by atoms with Crippen molar-refractivity contribution in [3.63, 3.8) is 0 Å². The molecule has 3 aromatic rings. The third kappa shape index (κ3) is 3.40. The van der Waals surface area contributed by atoms with Crippen molar-refractivity contribution < 1.29 is 14.3 Å². The Hall–Kier alpha value is -1.96. The number of carbonyl (C=O) groups excluding carboxylic acids is 1. The standard InChI is InChI=1S/C18H18N2O3S2/c1-22-12-6-7-15-14(10-12)19-18(25-15)20(11-13-4-2-8-23-13)17(21)16-5-3-9-24-16/h3,5-7,9-10,13H,2,4,8,11H2,1H3. The lowest BCUT2D eigenvalue weighted by Gasteiger charge is -2.22. The Morgan fingerprint density at radius 1 is 1.44 bits per heavy atom. The first-order valence-electron chi connectivity index (χ1n) is 8.16. The van der Waals surface area contributed by atoms with E-state index in [-0.39, 0.29) is 12.0 Å². The van der Waals surface area contributed by atoms with Crippen LogP contribution < -0.4 is 9.64 Å². The van der Waals surface area contributed by atoms with Gasteiger partial charge in [0.2, 0.25) is 0 Å². The number of rotatable bonds is 5. The Morgan fingerprint density at radius 2 is 2.36 bits per heavy atom. The Kier molecular flexibility index (Phi) is 4.70. The minimum Gasteiger partial charge on any atom is -0.497 e. The number of ether oxygens (including phenoxy) is 2. The lowest BCUT2D eigenvalue weighted by Crippen LogP contribution is -2.37. The van der Waals surface area contributed by atoms with Crippen LogP contribution in [0.5, 0.6) is 5.75 Å². The molecular formula is C18H18N2O3S2. The quantitative estimate of drug-likeness (QED) is 0.672. The highest BCUT2D eigenvalue weighted by molar-refractivity contribution is 7.22. The highest BCUT2D eigenvalue weighted by Gasteiger charge is 2.27. The highest BCUT2D eigenvalue weighted by Crippen LogP contribution is 2.33. The van der Waals surface area contributed by atoms with E-state index < -0.39 is 0 Å². The van der Waals surface area contributed by atoms with E-state index in [2.05, 4.69) is 4.98 Å². The van der Waals surface area contributed by atoms with Crippen molar-refractivity contribution in [3.8, 4) is 5.75 Å². The highest BCUT2D eigenvalue weighted by atomic mass is 32.1.